The number of hydrogen-bond acceptors (Lipinski definition) is 3. The molecular formula is C16H23NO3S. The van der Waals surface area contributed by atoms with Crippen molar-refractivity contribution in [2.24, 2.45) is 5.92 Å². The molecule has 1 saturated carbocycles. The quantitative estimate of drug-likeness (QED) is 0.878. The van der Waals surface area contributed by atoms with Crippen molar-refractivity contribution >= 4 is 23.2 Å². The van der Waals surface area contributed by atoms with Gasteiger partial charge in [0, 0.05) is 10.9 Å². The first-order valence-corrected chi connectivity index (χ1v) is 8.43. The molecule has 0 aliphatic heterocycles. The minimum Gasteiger partial charge on any atom is -0.481 e. The molecule has 0 saturated heterocycles. The zero-order valence-corrected chi connectivity index (χ0v) is 13.4. The smallest absolute Gasteiger partial charge is 0.308 e. The van der Waals surface area contributed by atoms with E-state index in [9.17, 15) is 9.59 Å². The molecule has 2 unspecified atom stereocenters. The van der Waals surface area contributed by atoms with Crippen molar-refractivity contribution in [3.05, 3.63) is 22.4 Å². The van der Waals surface area contributed by atoms with Crippen LogP contribution in [0.25, 0.3) is 0 Å². The summed E-state index contributed by atoms with van der Waals surface area (Å²) in [5.74, 6) is -1.47. The Morgan fingerprint density at radius 2 is 1.95 bits per heavy atom. The van der Waals surface area contributed by atoms with E-state index in [4.69, 9.17) is 5.11 Å². The predicted octanol–water partition coefficient (Wildman–Crippen LogP) is 3.18. The summed E-state index contributed by atoms with van der Waals surface area (Å²) < 4.78 is 0. The Bertz CT molecular complexity index is 492. The lowest BCUT2D eigenvalue weighted by Gasteiger charge is -2.36. The monoisotopic (exact) mass is 309 g/mol. The molecule has 1 aromatic rings. The van der Waals surface area contributed by atoms with Crippen molar-refractivity contribution in [1.29, 1.82) is 0 Å². The number of rotatable bonds is 5. The minimum atomic E-state index is -0.878. The molecule has 0 aromatic carbocycles. The molecule has 2 atom stereocenters. The normalized spacial score (nSPS) is 20.5. The van der Waals surface area contributed by atoms with Gasteiger partial charge in [-0.25, -0.2) is 0 Å². The molecular weight excluding hydrogens is 286 g/mol. The van der Waals surface area contributed by atoms with Crippen LogP contribution < -0.4 is 5.32 Å². The fraction of sp³-hybridized carbons (Fsp3) is 0.625. The molecule has 2 N–H and O–H groups in total. The molecule has 0 bridgehead atoms. The van der Waals surface area contributed by atoms with E-state index in [0.29, 0.717) is 0 Å². The van der Waals surface area contributed by atoms with Gasteiger partial charge in [-0.1, -0.05) is 25.3 Å². The average molecular weight is 309 g/mol. The van der Waals surface area contributed by atoms with Gasteiger partial charge in [-0.05, 0) is 38.1 Å². The van der Waals surface area contributed by atoms with Crippen LogP contribution in [-0.4, -0.2) is 23.0 Å². The second-order valence-electron chi connectivity index (χ2n) is 6.01. The number of nitrogens with one attached hydrogen (secondary N) is 1. The van der Waals surface area contributed by atoms with Crippen LogP contribution in [-0.2, 0) is 15.0 Å². The van der Waals surface area contributed by atoms with Gasteiger partial charge in [-0.15, -0.1) is 11.3 Å². The van der Waals surface area contributed by atoms with Gasteiger partial charge >= 0.3 is 5.97 Å². The summed E-state index contributed by atoms with van der Waals surface area (Å²) in [5, 5.41) is 14.0. The van der Waals surface area contributed by atoms with E-state index in [0.717, 1.165) is 30.6 Å². The van der Waals surface area contributed by atoms with Crippen LogP contribution in [0.5, 0.6) is 0 Å². The van der Waals surface area contributed by atoms with E-state index in [1.807, 2.05) is 17.5 Å². The van der Waals surface area contributed by atoms with E-state index in [2.05, 4.69) is 5.32 Å². The molecule has 4 nitrogen and oxygen atoms in total. The zero-order chi connectivity index (χ0) is 15.5. The van der Waals surface area contributed by atoms with Crippen LogP contribution in [0.3, 0.4) is 0 Å². The third kappa shape index (κ3) is 3.28. The lowest BCUT2D eigenvalue weighted by Crippen LogP contribution is -2.50. The lowest BCUT2D eigenvalue weighted by molar-refractivity contribution is -0.142. The highest BCUT2D eigenvalue weighted by atomic mass is 32.1. The Hall–Kier alpha value is -1.36. The van der Waals surface area contributed by atoms with Gasteiger partial charge in [-0.2, -0.15) is 0 Å². The first kappa shape index (κ1) is 16.0. The second-order valence-corrected chi connectivity index (χ2v) is 6.96. The lowest BCUT2D eigenvalue weighted by atomic mass is 9.72. The van der Waals surface area contributed by atoms with Gasteiger partial charge in [0.25, 0.3) is 0 Å². The molecule has 2 rings (SSSR count). The molecule has 1 aliphatic rings. The molecule has 1 aliphatic carbocycles. The van der Waals surface area contributed by atoms with Gasteiger partial charge < -0.3 is 10.4 Å². The summed E-state index contributed by atoms with van der Waals surface area (Å²) >= 11 is 1.62. The summed E-state index contributed by atoms with van der Waals surface area (Å²) in [7, 11) is 0. The maximum atomic E-state index is 12.9. The number of aliphatic carboxylic acids is 1. The van der Waals surface area contributed by atoms with Crippen molar-refractivity contribution in [1.82, 2.24) is 5.32 Å². The van der Waals surface area contributed by atoms with Crippen LogP contribution in [0.2, 0.25) is 0 Å². The molecule has 0 radical (unpaired) electrons. The number of carboxylic acid groups (broad SMARTS) is 1. The van der Waals surface area contributed by atoms with Gasteiger partial charge in [0.15, 0.2) is 0 Å². The average Bonchev–Trinajstić information content (AvgIpc) is 3.01. The van der Waals surface area contributed by atoms with Gasteiger partial charge in [0.2, 0.25) is 5.91 Å². The molecule has 1 heterocycles. The number of carbonyl (C=O) groups is 2. The Morgan fingerprint density at radius 3 is 2.48 bits per heavy atom. The highest BCUT2D eigenvalue weighted by Crippen LogP contribution is 2.41. The van der Waals surface area contributed by atoms with Crippen molar-refractivity contribution in [3.8, 4) is 0 Å². The molecule has 21 heavy (non-hydrogen) atoms. The maximum absolute atomic E-state index is 12.9. The molecule has 1 amide bonds. The Labute approximate surface area is 129 Å². The predicted molar refractivity (Wildman–Crippen MR) is 83.5 cm³/mol. The number of thiophene rings is 1. The van der Waals surface area contributed by atoms with Gasteiger partial charge in [0.1, 0.15) is 0 Å². The Balaban J connectivity index is 2.18. The van der Waals surface area contributed by atoms with Crippen molar-refractivity contribution < 1.29 is 14.7 Å². The second kappa shape index (κ2) is 6.60. The third-order valence-corrected chi connectivity index (χ3v) is 5.71. The number of amides is 1. The van der Waals surface area contributed by atoms with E-state index in [1.165, 1.54) is 6.42 Å². The Morgan fingerprint density at radius 1 is 1.29 bits per heavy atom. The SMILES string of the molecule is CC(NC(=O)C1(c2cccs2)CCCCC1)C(C)C(=O)O. The van der Waals surface area contributed by atoms with Gasteiger partial charge in [-0.3, -0.25) is 9.59 Å². The van der Waals surface area contributed by atoms with Crippen molar-refractivity contribution in [2.75, 3.05) is 0 Å². The summed E-state index contributed by atoms with van der Waals surface area (Å²) in [6.45, 7) is 3.40. The molecule has 116 valence electrons. The number of hydrogen-bond donors (Lipinski definition) is 2. The highest BCUT2D eigenvalue weighted by Gasteiger charge is 2.42. The summed E-state index contributed by atoms with van der Waals surface area (Å²) in [6.07, 6.45) is 4.98. The summed E-state index contributed by atoms with van der Waals surface area (Å²) in [6, 6.07) is 3.64. The molecule has 1 fully saturated rings. The zero-order valence-electron chi connectivity index (χ0n) is 12.6. The van der Waals surface area contributed by atoms with Crippen LogP contribution in [0.4, 0.5) is 0 Å². The van der Waals surface area contributed by atoms with Gasteiger partial charge in [0.05, 0.1) is 11.3 Å². The fourth-order valence-corrected chi connectivity index (χ4v) is 3.96. The van der Waals surface area contributed by atoms with E-state index >= 15 is 0 Å². The van der Waals surface area contributed by atoms with E-state index < -0.39 is 17.3 Å². The first-order valence-electron chi connectivity index (χ1n) is 7.55. The molecule has 0 spiro atoms. The van der Waals surface area contributed by atoms with E-state index in [1.54, 1.807) is 25.2 Å². The minimum absolute atomic E-state index is 0.00903. The standard InChI is InChI=1S/C16H23NO3S/c1-11(14(18)19)12(2)17-15(20)16(8-4-3-5-9-16)13-7-6-10-21-13/h6-7,10-12H,3-5,8-9H2,1-2H3,(H,17,20)(H,18,19). The number of carbonyl (C=O) groups excluding carboxylic acids is 1. The summed E-state index contributed by atoms with van der Waals surface area (Å²) in [4.78, 5) is 25.0. The van der Waals surface area contributed by atoms with Crippen LogP contribution in [0.1, 0.15) is 50.8 Å². The van der Waals surface area contributed by atoms with Crippen molar-refractivity contribution in [2.45, 2.75) is 57.4 Å². The van der Waals surface area contributed by atoms with Crippen LogP contribution in [0, 0.1) is 5.92 Å². The highest BCUT2D eigenvalue weighted by molar-refractivity contribution is 7.10. The van der Waals surface area contributed by atoms with Crippen LogP contribution in [0.15, 0.2) is 17.5 Å². The molecule has 1 aromatic heterocycles. The van der Waals surface area contributed by atoms with Crippen molar-refractivity contribution in [3.63, 3.8) is 0 Å². The topological polar surface area (TPSA) is 66.4 Å². The maximum Gasteiger partial charge on any atom is 0.308 e. The largest absolute Gasteiger partial charge is 0.481 e. The van der Waals surface area contributed by atoms with Crippen LogP contribution >= 0.6 is 11.3 Å². The van der Waals surface area contributed by atoms with E-state index in [-0.39, 0.29) is 11.9 Å². The first-order chi connectivity index (χ1) is 9.97. The third-order valence-electron chi connectivity index (χ3n) is 4.63. The fourth-order valence-electron chi connectivity index (χ4n) is 2.98. The summed E-state index contributed by atoms with van der Waals surface area (Å²) in [5.41, 5.74) is -0.459. The Kier molecular flexibility index (Phi) is 5.04. The number of carboxylic acids is 1. The molecule has 5 heteroatoms.